The predicted molar refractivity (Wildman–Crippen MR) is 92.2 cm³/mol. The van der Waals surface area contributed by atoms with Crippen molar-refractivity contribution < 1.29 is 9.32 Å². The molecule has 0 spiro atoms. The summed E-state index contributed by atoms with van der Waals surface area (Å²) in [5.74, 6) is 1.32. The van der Waals surface area contributed by atoms with Crippen LogP contribution < -0.4 is 5.32 Å². The van der Waals surface area contributed by atoms with Crippen molar-refractivity contribution in [1.29, 1.82) is 0 Å². The second-order valence-electron chi connectivity index (χ2n) is 6.13. The van der Waals surface area contributed by atoms with E-state index in [1.807, 2.05) is 13.2 Å². The number of thioether (sulfide) groups is 1. The number of aromatic nitrogens is 2. The fourth-order valence-electron chi connectivity index (χ4n) is 2.98. The highest BCUT2D eigenvalue weighted by Crippen LogP contribution is 2.37. The van der Waals surface area contributed by atoms with Gasteiger partial charge in [-0.1, -0.05) is 31.8 Å². The molecular formula is C16H28N4O2S. The highest BCUT2D eigenvalue weighted by molar-refractivity contribution is 7.99. The summed E-state index contributed by atoms with van der Waals surface area (Å²) in [6, 6.07) is 0. The second-order valence-corrected chi connectivity index (χ2v) is 7.31. The Hall–Kier alpha value is -1.08. The lowest BCUT2D eigenvalue weighted by molar-refractivity contribution is -0.122. The van der Waals surface area contributed by atoms with E-state index < -0.39 is 5.54 Å². The molecular weight excluding hydrogens is 312 g/mol. The van der Waals surface area contributed by atoms with Crippen molar-refractivity contribution in [3.63, 3.8) is 0 Å². The van der Waals surface area contributed by atoms with Crippen LogP contribution in [0.1, 0.15) is 58.2 Å². The maximum Gasteiger partial charge on any atom is 0.240 e. The zero-order valence-corrected chi connectivity index (χ0v) is 15.4. The maximum atomic E-state index is 12.4. The van der Waals surface area contributed by atoms with E-state index >= 15 is 0 Å². The normalized spacial score (nSPS) is 18.3. The van der Waals surface area contributed by atoms with Crippen LogP contribution in [0.15, 0.2) is 4.52 Å². The molecule has 0 bridgehead atoms. The molecule has 1 N–H and O–H groups in total. The first-order valence-electron chi connectivity index (χ1n) is 8.45. The molecule has 1 aliphatic rings. The van der Waals surface area contributed by atoms with E-state index in [0.29, 0.717) is 18.3 Å². The van der Waals surface area contributed by atoms with Crippen molar-refractivity contribution in [2.45, 2.75) is 63.8 Å². The summed E-state index contributed by atoms with van der Waals surface area (Å²) in [6.07, 6.45) is 5.86. The van der Waals surface area contributed by atoms with Crippen LogP contribution in [0.3, 0.4) is 0 Å². The molecule has 1 aromatic rings. The molecule has 130 valence electrons. The van der Waals surface area contributed by atoms with Crippen molar-refractivity contribution in [3.8, 4) is 0 Å². The van der Waals surface area contributed by atoms with Gasteiger partial charge in [-0.2, -0.15) is 16.7 Å². The molecule has 1 saturated carbocycles. The topological polar surface area (TPSA) is 71.3 Å². The molecule has 0 unspecified atom stereocenters. The Kier molecular flexibility index (Phi) is 6.47. The van der Waals surface area contributed by atoms with Crippen molar-refractivity contribution in [3.05, 3.63) is 11.7 Å². The van der Waals surface area contributed by atoms with Gasteiger partial charge < -0.3 is 9.84 Å². The molecule has 1 aliphatic carbocycles. The van der Waals surface area contributed by atoms with Gasteiger partial charge >= 0.3 is 0 Å². The number of rotatable bonds is 8. The van der Waals surface area contributed by atoms with Gasteiger partial charge in [-0.15, -0.1) is 0 Å². The minimum Gasteiger partial charge on any atom is -0.342 e. The quantitative estimate of drug-likeness (QED) is 0.784. The summed E-state index contributed by atoms with van der Waals surface area (Å²) < 4.78 is 5.45. The Morgan fingerprint density at radius 3 is 2.61 bits per heavy atom. The van der Waals surface area contributed by atoms with E-state index in [2.05, 4.69) is 34.2 Å². The molecule has 6 nitrogen and oxygen atoms in total. The molecule has 0 saturated heterocycles. The number of hydrogen-bond acceptors (Lipinski definition) is 6. The van der Waals surface area contributed by atoms with Crippen molar-refractivity contribution >= 4 is 17.7 Å². The van der Waals surface area contributed by atoms with Crippen LogP contribution in [-0.2, 0) is 16.9 Å². The van der Waals surface area contributed by atoms with Crippen LogP contribution in [0.2, 0.25) is 0 Å². The highest BCUT2D eigenvalue weighted by atomic mass is 32.2. The van der Waals surface area contributed by atoms with Gasteiger partial charge in [0, 0.05) is 0 Å². The summed E-state index contributed by atoms with van der Waals surface area (Å²) in [7, 11) is 0. The van der Waals surface area contributed by atoms with Crippen LogP contribution in [0.25, 0.3) is 0 Å². The van der Waals surface area contributed by atoms with Gasteiger partial charge in [-0.05, 0) is 39.1 Å². The molecule has 1 heterocycles. The highest BCUT2D eigenvalue weighted by Gasteiger charge is 2.42. The summed E-state index contributed by atoms with van der Waals surface area (Å²) in [4.78, 5) is 19.2. The first kappa shape index (κ1) is 18.3. The van der Waals surface area contributed by atoms with Crippen LogP contribution >= 0.6 is 11.8 Å². The average Bonchev–Trinajstić information content (AvgIpc) is 3.21. The zero-order valence-electron chi connectivity index (χ0n) is 14.6. The third-order valence-electron chi connectivity index (χ3n) is 4.69. The Bertz CT molecular complexity index is 510. The molecule has 7 heteroatoms. The van der Waals surface area contributed by atoms with Crippen molar-refractivity contribution in [2.75, 3.05) is 19.3 Å². The first-order valence-corrected chi connectivity index (χ1v) is 9.73. The molecule has 1 atom stereocenters. The minimum absolute atomic E-state index is 0.0505. The number of nitrogens with one attached hydrogen (secondary N) is 1. The Balaban J connectivity index is 2.15. The van der Waals surface area contributed by atoms with Crippen LogP contribution in [0.4, 0.5) is 0 Å². The van der Waals surface area contributed by atoms with Gasteiger partial charge in [0.1, 0.15) is 5.54 Å². The number of hydrogen-bond donors (Lipinski definition) is 1. The van der Waals surface area contributed by atoms with E-state index in [1.165, 1.54) is 0 Å². The van der Waals surface area contributed by atoms with Gasteiger partial charge in [0.2, 0.25) is 11.8 Å². The van der Waals surface area contributed by atoms with Crippen molar-refractivity contribution in [1.82, 2.24) is 20.4 Å². The molecule has 23 heavy (non-hydrogen) atoms. The zero-order chi connectivity index (χ0) is 16.9. The third-order valence-corrected chi connectivity index (χ3v) is 5.61. The van der Waals surface area contributed by atoms with E-state index in [1.54, 1.807) is 11.8 Å². The fraction of sp³-hybridized carbons (Fsp3) is 0.812. The molecule has 0 aliphatic heterocycles. The van der Waals surface area contributed by atoms with Gasteiger partial charge in [0.15, 0.2) is 5.82 Å². The van der Waals surface area contributed by atoms with E-state index in [9.17, 15) is 4.79 Å². The molecule has 0 aromatic carbocycles. The van der Waals surface area contributed by atoms with Gasteiger partial charge in [-0.25, -0.2) is 0 Å². The molecule has 1 amide bonds. The molecule has 1 fully saturated rings. The number of amides is 1. The second kappa shape index (κ2) is 8.15. The number of carbonyl (C=O) groups is 1. The smallest absolute Gasteiger partial charge is 0.240 e. The average molecular weight is 340 g/mol. The standard InChI is InChI=1S/C16H28N4O2S/c1-5-20(6-2)11-13-17-15(19-22-13)16(9-7-8-10-16)18-14(21)12(3)23-4/h12H,5-11H2,1-4H3,(H,18,21)/t12-/m1/s1. The molecule has 2 rings (SSSR count). The molecule has 0 radical (unpaired) electrons. The fourth-order valence-corrected chi connectivity index (χ4v) is 3.25. The maximum absolute atomic E-state index is 12.4. The predicted octanol–water partition coefficient (Wildman–Crippen LogP) is 2.55. The Labute approximate surface area is 142 Å². The minimum atomic E-state index is -0.452. The van der Waals surface area contributed by atoms with Crippen LogP contribution in [0.5, 0.6) is 0 Å². The van der Waals surface area contributed by atoms with E-state index in [-0.39, 0.29) is 11.2 Å². The lowest BCUT2D eigenvalue weighted by atomic mass is 9.96. The summed E-state index contributed by atoms with van der Waals surface area (Å²) in [5.41, 5.74) is -0.452. The summed E-state index contributed by atoms with van der Waals surface area (Å²) in [6.45, 7) is 8.70. The lowest BCUT2D eigenvalue weighted by Gasteiger charge is -2.28. The van der Waals surface area contributed by atoms with Gasteiger partial charge in [0.25, 0.3) is 0 Å². The number of carbonyl (C=O) groups excluding carboxylic acids is 1. The van der Waals surface area contributed by atoms with Crippen LogP contribution in [-0.4, -0.2) is 45.5 Å². The Morgan fingerprint density at radius 1 is 1.39 bits per heavy atom. The monoisotopic (exact) mass is 340 g/mol. The molecule has 1 aromatic heterocycles. The van der Waals surface area contributed by atoms with Crippen molar-refractivity contribution in [2.24, 2.45) is 0 Å². The first-order chi connectivity index (χ1) is 11.0. The van der Waals surface area contributed by atoms with E-state index in [4.69, 9.17) is 4.52 Å². The van der Waals surface area contributed by atoms with Gasteiger partial charge in [0.05, 0.1) is 11.8 Å². The van der Waals surface area contributed by atoms with E-state index in [0.717, 1.165) is 38.8 Å². The largest absolute Gasteiger partial charge is 0.342 e. The Morgan fingerprint density at radius 2 is 2.04 bits per heavy atom. The third kappa shape index (κ3) is 4.26. The van der Waals surface area contributed by atoms with Crippen LogP contribution in [0, 0.1) is 0 Å². The summed E-state index contributed by atoms with van der Waals surface area (Å²) >= 11 is 1.55. The van der Waals surface area contributed by atoms with Gasteiger partial charge in [-0.3, -0.25) is 9.69 Å². The summed E-state index contributed by atoms with van der Waals surface area (Å²) in [5, 5.41) is 7.32. The lowest BCUT2D eigenvalue weighted by Crippen LogP contribution is -2.47. The number of nitrogens with zero attached hydrogens (tertiary/aromatic N) is 3. The SMILES string of the molecule is CCN(CC)Cc1nc(C2(NC(=O)[C@@H](C)SC)CCCC2)no1.